The van der Waals surface area contributed by atoms with Crippen molar-refractivity contribution in [3.8, 4) is 0 Å². The maximum absolute atomic E-state index is 12.6. The van der Waals surface area contributed by atoms with Crippen LogP contribution in [0.25, 0.3) is 0 Å². The fourth-order valence-corrected chi connectivity index (χ4v) is 3.71. The number of ketones is 1. The van der Waals surface area contributed by atoms with E-state index in [0.29, 0.717) is 6.42 Å². The summed E-state index contributed by atoms with van der Waals surface area (Å²) in [5.41, 5.74) is 3.78. The molecule has 0 bridgehead atoms. The van der Waals surface area contributed by atoms with Gasteiger partial charge in [0.1, 0.15) is 11.4 Å². The van der Waals surface area contributed by atoms with E-state index in [1.165, 1.54) is 39.3 Å². The number of nitrogens with zero attached hydrogens (tertiary/aromatic N) is 3. The third-order valence-electron chi connectivity index (χ3n) is 4.49. The molecule has 0 saturated heterocycles. The van der Waals surface area contributed by atoms with E-state index in [1.54, 1.807) is 6.92 Å². The molecule has 0 saturated carbocycles. The Morgan fingerprint density at radius 3 is 2.42 bits per heavy atom. The largest absolute Gasteiger partial charge is 0.454 e. The minimum absolute atomic E-state index is 0.0902. The Kier molecular flexibility index (Phi) is 7.18. The van der Waals surface area contributed by atoms with Gasteiger partial charge in [0.05, 0.1) is 10.5 Å². The lowest BCUT2D eigenvalue weighted by Crippen LogP contribution is -2.43. The van der Waals surface area contributed by atoms with Crippen molar-refractivity contribution in [2.75, 3.05) is 26.4 Å². The van der Waals surface area contributed by atoms with Crippen LogP contribution in [0.4, 0.5) is 5.82 Å². The second-order valence-corrected chi connectivity index (χ2v) is 9.03. The molecular weight excluding hydrogens is 428 g/mol. The van der Waals surface area contributed by atoms with Crippen LogP contribution < -0.4 is 17.0 Å². The molecule has 168 valence electrons. The normalized spacial score (nSPS) is 11.5. The number of carbonyl (C=O) groups is 2. The Morgan fingerprint density at radius 1 is 1.19 bits per heavy atom. The fourth-order valence-electron chi connectivity index (χ4n) is 2.77. The van der Waals surface area contributed by atoms with Crippen LogP contribution in [0, 0.1) is 0 Å². The van der Waals surface area contributed by atoms with Crippen molar-refractivity contribution in [3.63, 3.8) is 0 Å². The van der Waals surface area contributed by atoms with Gasteiger partial charge in [-0.05, 0) is 24.6 Å². The average Bonchev–Trinajstić information content (AvgIpc) is 2.73. The molecule has 2 aromatic rings. The summed E-state index contributed by atoms with van der Waals surface area (Å²) in [5.74, 6) is -2.13. The molecule has 11 nitrogen and oxygen atoms in total. The van der Waals surface area contributed by atoms with Crippen molar-refractivity contribution in [1.29, 1.82) is 0 Å². The summed E-state index contributed by atoms with van der Waals surface area (Å²) in [4.78, 5) is 49.3. The molecule has 1 aromatic carbocycles. The predicted octanol–water partition coefficient (Wildman–Crippen LogP) is -0.171. The second-order valence-electron chi connectivity index (χ2n) is 6.87. The number of aromatic nitrogens is 2. The highest BCUT2D eigenvalue weighted by Gasteiger charge is 2.23. The predicted molar refractivity (Wildman–Crippen MR) is 113 cm³/mol. The molecular formula is C19H24N4O7S. The minimum atomic E-state index is -3.77. The van der Waals surface area contributed by atoms with E-state index < -0.39 is 45.2 Å². The molecule has 2 N–H and O–H groups in total. The van der Waals surface area contributed by atoms with Crippen molar-refractivity contribution < 1.29 is 22.7 Å². The summed E-state index contributed by atoms with van der Waals surface area (Å²) in [6, 6.07) is 5.13. The average molecular weight is 452 g/mol. The molecule has 1 aromatic heterocycles. The molecule has 1 heterocycles. The highest BCUT2D eigenvalue weighted by Crippen LogP contribution is 2.16. The van der Waals surface area contributed by atoms with Crippen LogP contribution >= 0.6 is 0 Å². The van der Waals surface area contributed by atoms with Crippen molar-refractivity contribution in [3.05, 3.63) is 56.2 Å². The van der Waals surface area contributed by atoms with Gasteiger partial charge in [0.15, 0.2) is 6.61 Å². The lowest BCUT2D eigenvalue weighted by Gasteiger charge is -2.14. The van der Waals surface area contributed by atoms with Crippen LogP contribution in [0.3, 0.4) is 0 Å². The smallest absolute Gasteiger partial charge is 0.338 e. The molecule has 0 aliphatic carbocycles. The number of ether oxygens (including phenoxy) is 1. The van der Waals surface area contributed by atoms with E-state index in [1.807, 2.05) is 0 Å². The maximum Gasteiger partial charge on any atom is 0.338 e. The van der Waals surface area contributed by atoms with Crippen molar-refractivity contribution in [1.82, 2.24) is 13.4 Å². The van der Waals surface area contributed by atoms with Crippen LogP contribution in [0.5, 0.6) is 0 Å². The van der Waals surface area contributed by atoms with Crippen LogP contribution in [0.15, 0.2) is 38.8 Å². The summed E-state index contributed by atoms with van der Waals surface area (Å²) in [6.07, 6.45) is 0.539. The van der Waals surface area contributed by atoms with Gasteiger partial charge in [-0.25, -0.2) is 22.3 Å². The molecule has 0 radical (unpaired) electrons. The summed E-state index contributed by atoms with van der Waals surface area (Å²) >= 11 is 0. The molecule has 0 spiro atoms. The molecule has 12 heteroatoms. The van der Waals surface area contributed by atoms with E-state index in [9.17, 15) is 27.6 Å². The molecule has 0 atom stereocenters. The Hall–Kier alpha value is -3.25. The molecule has 2 rings (SSSR count). The second kappa shape index (κ2) is 9.27. The first-order valence-electron chi connectivity index (χ1n) is 9.25. The first-order chi connectivity index (χ1) is 14.4. The molecule has 0 aliphatic rings. The van der Waals surface area contributed by atoms with Crippen molar-refractivity contribution in [2.24, 2.45) is 7.05 Å². The Morgan fingerprint density at radius 2 is 1.84 bits per heavy atom. The third-order valence-corrected chi connectivity index (χ3v) is 6.30. The number of sulfonamides is 1. The van der Waals surface area contributed by atoms with Gasteiger partial charge in [-0.3, -0.25) is 18.7 Å². The standard InChI is InChI=1S/C19H24N4O7S/c1-5-9-23-16(20)15(17(25)22(4)19(23)27)14(24)11-30-18(26)12-7-6-8-13(10-12)31(28,29)21(2)3/h6-8,10H,5,9,11,20H2,1-4H3. The lowest BCUT2D eigenvalue weighted by molar-refractivity contribution is 0.0474. The summed E-state index contributed by atoms with van der Waals surface area (Å²) in [5, 5.41) is 0. The molecule has 0 fully saturated rings. The molecule has 31 heavy (non-hydrogen) atoms. The number of rotatable bonds is 8. The van der Waals surface area contributed by atoms with Crippen molar-refractivity contribution in [2.45, 2.75) is 24.8 Å². The van der Waals surface area contributed by atoms with Gasteiger partial charge >= 0.3 is 11.7 Å². The van der Waals surface area contributed by atoms with Gasteiger partial charge in [0.25, 0.3) is 5.56 Å². The topological polar surface area (TPSA) is 151 Å². The van der Waals surface area contributed by atoms with Gasteiger partial charge in [-0.1, -0.05) is 13.0 Å². The van der Waals surface area contributed by atoms with Gasteiger partial charge < -0.3 is 10.5 Å². The first-order valence-corrected chi connectivity index (χ1v) is 10.7. The highest BCUT2D eigenvalue weighted by atomic mass is 32.2. The van der Waals surface area contributed by atoms with Gasteiger partial charge in [0, 0.05) is 27.7 Å². The molecule has 0 aliphatic heterocycles. The summed E-state index contributed by atoms with van der Waals surface area (Å²) in [7, 11) is 0.144. The highest BCUT2D eigenvalue weighted by molar-refractivity contribution is 7.89. The van der Waals surface area contributed by atoms with Crippen LogP contribution in [-0.4, -0.2) is 54.3 Å². The SMILES string of the molecule is CCCn1c(N)c(C(=O)COC(=O)c2cccc(S(=O)(=O)N(C)C)c2)c(=O)n(C)c1=O. The number of Topliss-reactive ketones (excluding diaryl/α,β-unsaturated/α-hetero) is 1. The van der Waals surface area contributed by atoms with Gasteiger partial charge in [-0.15, -0.1) is 0 Å². The van der Waals surface area contributed by atoms with E-state index in [4.69, 9.17) is 10.5 Å². The Bertz CT molecular complexity index is 1240. The number of nitrogen functional groups attached to an aromatic ring is 1. The molecule has 0 unspecified atom stereocenters. The van der Waals surface area contributed by atoms with E-state index in [0.717, 1.165) is 19.5 Å². The number of anilines is 1. The van der Waals surface area contributed by atoms with Crippen molar-refractivity contribution >= 4 is 27.6 Å². The van der Waals surface area contributed by atoms with E-state index in [-0.39, 0.29) is 22.8 Å². The minimum Gasteiger partial charge on any atom is -0.454 e. The fraction of sp³-hybridized carbons (Fsp3) is 0.368. The van der Waals surface area contributed by atoms with E-state index >= 15 is 0 Å². The quantitative estimate of drug-likeness (QED) is 0.428. The van der Waals surface area contributed by atoms with Gasteiger partial charge in [-0.2, -0.15) is 0 Å². The number of esters is 1. The van der Waals surface area contributed by atoms with Gasteiger partial charge in [0.2, 0.25) is 15.8 Å². The number of hydrogen-bond acceptors (Lipinski definition) is 8. The zero-order valence-electron chi connectivity index (χ0n) is 17.6. The number of carbonyl (C=O) groups excluding carboxylic acids is 2. The molecule has 0 amide bonds. The zero-order valence-corrected chi connectivity index (χ0v) is 18.4. The zero-order chi connectivity index (χ0) is 23.5. The lowest BCUT2D eigenvalue weighted by atomic mass is 10.2. The maximum atomic E-state index is 12.6. The van der Waals surface area contributed by atoms with Crippen LogP contribution in [-0.2, 0) is 28.4 Å². The monoisotopic (exact) mass is 452 g/mol. The van der Waals surface area contributed by atoms with E-state index in [2.05, 4.69) is 0 Å². The third kappa shape index (κ3) is 4.75. The van der Waals surface area contributed by atoms with Crippen LogP contribution in [0.1, 0.15) is 34.1 Å². The van der Waals surface area contributed by atoms with Crippen LogP contribution in [0.2, 0.25) is 0 Å². The first kappa shape index (κ1) is 24.0. The summed E-state index contributed by atoms with van der Waals surface area (Å²) in [6.45, 7) is 1.18. The number of hydrogen-bond donors (Lipinski definition) is 1. The number of nitrogens with two attached hydrogens (primary N) is 1. The Labute approximate surface area is 178 Å². The number of benzene rings is 1. The Balaban J connectivity index is 2.29. The summed E-state index contributed by atoms with van der Waals surface area (Å²) < 4.78 is 32.3.